The summed E-state index contributed by atoms with van der Waals surface area (Å²) >= 11 is 0. The Kier molecular flexibility index (Phi) is 11.1. The zero-order chi connectivity index (χ0) is 27.7. The maximum absolute atomic E-state index is 13.1. The number of nitrogens with zero attached hydrogens (tertiary/aromatic N) is 1. The Balaban J connectivity index is 2.16. The lowest BCUT2D eigenvalue weighted by Crippen LogP contribution is -2.30. The van der Waals surface area contributed by atoms with Gasteiger partial charge >= 0.3 is 11.9 Å². The van der Waals surface area contributed by atoms with Crippen molar-refractivity contribution in [1.29, 1.82) is 0 Å². The van der Waals surface area contributed by atoms with Crippen molar-refractivity contribution in [1.82, 2.24) is 4.98 Å². The van der Waals surface area contributed by atoms with E-state index in [1.165, 1.54) is 43.0 Å². The molecule has 1 unspecified atom stereocenters. The number of carbonyl (C=O) groups is 3. The molecule has 0 aliphatic carbocycles. The number of hydrogen-bond acceptors (Lipinski definition) is 8. The SMILES string of the molecule is CCC(C)[C@H](c1ccc(C)cc1C)[C@H](C)OC(=O)[C@H](C)CC(=O)c1nccc(OC)c1OCOC(C)=O. The molecule has 1 heterocycles. The maximum atomic E-state index is 13.1. The molecule has 0 aliphatic heterocycles. The summed E-state index contributed by atoms with van der Waals surface area (Å²) in [7, 11) is 1.42. The van der Waals surface area contributed by atoms with E-state index >= 15 is 0 Å². The molecule has 4 atom stereocenters. The molecule has 0 radical (unpaired) electrons. The molecular formula is C29H39NO7. The fourth-order valence-electron chi connectivity index (χ4n) is 4.41. The van der Waals surface area contributed by atoms with Crippen LogP contribution in [0.1, 0.15) is 80.6 Å². The maximum Gasteiger partial charge on any atom is 0.309 e. The molecule has 0 spiro atoms. The van der Waals surface area contributed by atoms with Gasteiger partial charge in [-0.05, 0) is 37.8 Å². The fourth-order valence-corrected chi connectivity index (χ4v) is 4.41. The number of rotatable bonds is 13. The van der Waals surface area contributed by atoms with Gasteiger partial charge in [0.2, 0.25) is 6.79 Å². The van der Waals surface area contributed by atoms with E-state index in [4.69, 9.17) is 18.9 Å². The van der Waals surface area contributed by atoms with Crippen LogP contribution in [0.2, 0.25) is 0 Å². The number of ether oxygens (including phenoxy) is 4. The van der Waals surface area contributed by atoms with Gasteiger partial charge in [-0.3, -0.25) is 14.4 Å². The van der Waals surface area contributed by atoms with Crippen LogP contribution in [0.3, 0.4) is 0 Å². The van der Waals surface area contributed by atoms with Crippen LogP contribution in [0, 0.1) is 25.7 Å². The number of benzene rings is 1. The summed E-state index contributed by atoms with van der Waals surface area (Å²) in [5.41, 5.74) is 3.51. The van der Waals surface area contributed by atoms with E-state index in [0.717, 1.165) is 6.42 Å². The average Bonchev–Trinajstić information content (AvgIpc) is 2.84. The largest absolute Gasteiger partial charge is 0.493 e. The summed E-state index contributed by atoms with van der Waals surface area (Å²) < 4.78 is 21.5. The first-order valence-electron chi connectivity index (χ1n) is 12.6. The number of esters is 2. The molecule has 0 amide bonds. The number of carbonyl (C=O) groups excluding carboxylic acids is 3. The minimum absolute atomic E-state index is 0.00744. The van der Waals surface area contributed by atoms with Crippen LogP contribution in [-0.4, -0.2) is 42.7 Å². The van der Waals surface area contributed by atoms with E-state index in [1.54, 1.807) is 6.92 Å². The lowest BCUT2D eigenvalue weighted by Gasteiger charge is -2.31. The number of aryl methyl sites for hydroxylation is 2. The molecule has 2 aromatic rings. The quantitative estimate of drug-likeness (QED) is 0.194. The molecule has 0 aliphatic rings. The second-order valence-corrected chi connectivity index (χ2v) is 9.53. The van der Waals surface area contributed by atoms with Gasteiger partial charge in [0, 0.05) is 31.5 Å². The Morgan fingerprint density at radius 2 is 1.76 bits per heavy atom. The minimum atomic E-state index is -0.707. The van der Waals surface area contributed by atoms with Crippen molar-refractivity contribution in [3.8, 4) is 11.5 Å². The zero-order valence-corrected chi connectivity index (χ0v) is 23.1. The summed E-state index contributed by atoms with van der Waals surface area (Å²) in [6.45, 7) is 12.8. The van der Waals surface area contributed by atoms with Crippen LogP contribution in [-0.2, 0) is 19.1 Å². The van der Waals surface area contributed by atoms with E-state index in [9.17, 15) is 14.4 Å². The van der Waals surface area contributed by atoms with Crippen LogP contribution < -0.4 is 9.47 Å². The number of aromatic nitrogens is 1. The fraction of sp³-hybridized carbons (Fsp3) is 0.517. The third kappa shape index (κ3) is 8.03. The Labute approximate surface area is 219 Å². The lowest BCUT2D eigenvalue weighted by molar-refractivity contribution is -0.154. The molecule has 0 bridgehead atoms. The average molecular weight is 514 g/mol. The molecule has 8 nitrogen and oxygen atoms in total. The van der Waals surface area contributed by atoms with Crippen LogP contribution in [0.5, 0.6) is 11.5 Å². The second-order valence-electron chi connectivity index (χ2n) is 9.53. The van der Waals surface area contributed by atoms with Crippen LogP contribution in [0.15, 0.2) is 30.5 Å². The van der Waals surface area contributed by atoms with Crippen molar-refractivity contribution in [2.45, 2.75) is 73.3 Å². The molecule has 8 heteroatoms. The van der Waals surface area contributed by atoms with Gasteiger partial charge in [0.15, 0.2) is 23.0 Å². The molecule has 0 fully saturated rings. The standard InChI is InChI=1S/C29H39NO7/c1-9-18(3)26(23-11-10-17(2)14-19(23)4)21(6)37-29(33)20(5)15-24(32)27-28(36-16-35-22(7)31)25(34-8)12-13-30-27/h10-14,18,20-21,26H,9,15-16H2,1-8H3/t18?,20-,21+,26+/m1/s1. The lowest BCUT2D eigenvalue weighted by atomic mass is 9.80. The van der Waals surface area contributed by atoms with Gasteiger partial charge in [-0.2, -0.15) is 0 Å². The second kappa shape index (κ2) is 13.8. The smallest absolute Gasteiger partial charge is 0.309 e. The van der Waals surface area contributed by atoms with Gasteiger partial charge in [0.25, 0.3) is 0 Å². The van der Waals surface area contributed by atoms with E-state index in [-0.39, 0.29) is 35.6 Å². The molecule has 37 heavy (non-hydrogen) atoms. The molecular weight excluding hydrogens is 474 g/mol. The summed E-state index contributed by atoms with van der Waals surface area (Å²) in [6, 6.07) is 7.87. The third-order valence-corrected chi connectivity index (χ3v) is 6.56. The van der Waals surface area contributed by atoms with Gasteiger partial charge in [0.05, 0.1) is 13.0 Å². The number of methoxy groups -OCH3 is 1. The Morgan fingerprint density at radius 1 is 1.05 bits per heavy atom. The molecule has 1 aromatic heterocycles. The Morgan fingerprint density at radius 3 is 2.35 bits per heavy atom. The van der Waals surface area contributed by atoms with Gasteiger partial charge in [-0.25, -0.2) is 4.98 Å². The number of hydrogen-bond donors (Lipinski definition) is 0. The minimum Gasteiger partial charge on any atom is -0.493 e. The van der Waals surface area contributed by atoms with Crippen molar-refractivity contribution >= 4 is 17.7 Å². The molecule has 0 N–H and O–H groups in total. The highest BCUT2D eigenvalue weighted by molar-refractivity contribution is 5.99. The summed E-state index contributed by atoms with van der Waals surface area (Å²) in [6.07, 6.45) is 1.84. The van der Waals surface area contributed by atoms with Crippen LogP contribution in [0.25, 0.3) is 0 Å². The summed E-state index contributed by atoms with van der Waals surface area (Å²) in [5.74, 6) is -1.47. The molecule has 0 saturated carbocycles. The summed E-state index contributed by atoms with van der Waals surface area (Å²) in [5, 5.41) is 0. The van der Waals surface area contributed by atoms with Crippen LogP contribution >= 0.6 is 0 Å². The van der Waals surface area contributed by atoms with Gasteiger partial charge in [-0.1, -0.05) is 51.0 Å². The highest BCUT2D eigenvalue weighted by atomic mass is 16.7. The van der Waals surface area contributed by atoms with E-state index in [2.05, 4.69) is 50.9 Å². The van der Waals surface area contributed by atoms with Crippen molar-refractivity contribution in [3.05, 3.63) is 52.8 Å². The predicted octanol–water partition coefficient (Wildman–Crippen LogP) is 5.58. The molecule has 0 saturated heterocycles. The molecule has 2 rings (SSSR count). The highest BCUT2D eigenvalue weighted by Crippen LogP contribution is 2.35. The monoisotopic (exact) mass is 513 g/mol. The van der Waals surface area contributed by atoms with E-state index in [1.807, 2.05) is 6.92 Å². The van der Waals surface area contributed by atoms with Gasteiger partial charge < -0.3 is 18.9 Å². The third-order valence-electron chi connectivity index (χ3n) is 6.56. The predicted molar refractivity (Wildman–Crippen MR) is 140 cm³/mol. The number of pyridine rings is 1. The number of ketones is 1. The topological polar surface area (TPSA) is 101 Å². The van der Waals surface area contributed by atoms with E-state index in [0.29, 0.717) is 5.92 Å². The van der Waals surface area contributed by atoms with Crippen molar-refractivity contribution < 1.29 is 33.3 Å². The van der Waals surface area contributed by atoms with Crippen molar-refractivity contribution in [2.75, 3.05) is 13.9 Å². The van der Waals surface area contributed by atoms with Gasteiger partial charge in [0.1, 0.15) is 6.10 Å². The first-order chi connectivity index (χ1) is 17.5. The van der Waals surface area contributed by atoms with Crippen molar-refractivity contribution in [3.63, 3.8) is 0 Å². The first kappa shape index (κ1) is 29.8. The van der Waals surface area contributed by atoms with Gasteiger partial charge in [-0.15, -0.1) is 0 Å². The molecule has 1 aromatic carbocycles. The highest BCUT2D eigenvalue weighted by Gasteiger charge is 2.31. The normalized spacial score (nSPS) is 14.2. The van der Waals surface area contributed by atoms with Crippen molar-refractivity contribution in [2.24, 2.45) is 11.8 Å². The number of Topliss-reactive ketones (excluding diaryl/α,β-unsaturated/α-hetero) is 1. The molecule has 202 valence electrons. The van der Waals surface area contributed by atoms with Crippen LogP contribution in [0.4, 0.5) is 0 Å². The van der Waals surface area contributed by atoms with E-state index < -0.39 is 30.4 Å². The Bertz CT molecular complexity index is 1100. The first-order valence-corrected chi connectivity index (χ1v) is 12.6. The zero-order valence-electron chi connectivity index (χ0n) is 23.1. The summed E-state index contributed by atoms with van der Waals surface area (Å²) in [4.78, 5) is 41.4. The Hall–Kier alpha value is -3.42.